The van der Waals surface area contributed by atoms with Crippen LogP contribution in [0.15, 0.2) is 78.9 Å². The van der Waals surface area contributed by atoms with Gasteiger partial charge in [-0.3, -0.25) is 0 Å². The van der Waals surface area contributed by atoms with E-state index in [1.807, 2.05) is 48.5 Å². The number of para-hydroxylation sites is 1. The summed E-state index contributed by atoms with van der Waals surface area (Å²) in [7, 11) is 1.56. The minimum Gasteiger partial charge on any atom is -0.504 e. The Morgan fingerprint density at radius 1 is 0.938 bits per heavy atom. The molecule has 0 bridgehead atoms. The molecular weight excluding hydrogens is 402 g/mol. The predicted octanol–water partition coefficient (Wildman–Crippen LogP) is 5.69. The quantitative estimate of drug-likeness (QED) is 0.373. The van der Waals surface area contributed by atoms with Gasteiger partial charge in [-0.15, -0.1) is 0 Å². The Morgan fingerprint density at radius 3 is 2.53 bits per heavy atom. The van der Waals surface area contributed by atoms with E-state index in [2.05, 4.69) is 29.6 Å². The van der Waals surface area contributed by atoms with E-state index in [1.165, 1.54) is 5.56 Å². The second kappa shape index (κ2) is 8.87. The van der Waals surface area contributed by atoms with Gasteiger partial charge in [-0.05, 0) is 65.9 Å². The summed E-state index contributed by atoms with van der Waals surface area (Å²) in [6.45, 7) is 0.979. The molecular formula is C27H27NO4. The number of phenolic OH excluding ortho intramolecular Hbond substituents is 1. The number of rotatable bonds is 7. The molecule has 1 heterocycles. The third-order valence-electron chi connectivity index (χ3n) is 6.26. The Bertz CT molecular complexity index is 1110. The fourth-order valence-electron chi connectivity index (χ4n) is 4.73. The highest BCUT2D eigenvalue weighted by atomic mass is 16.5. The highest BCUT2D eigenvalue weighted by Crippen LogP contribution is 2.51. The fraction of sp³-hybridized carbons (Fsp3) is 0.259. The van der Waals surface area contributed by atoms with Crippen molar-refractivity contribution in [1.82, 2.24) is 0 Å². The first-order valence-corrected chi connectivity index (χ1v) is 11.0. The molecule has 5 heteroatoms. The van der Waals surface area contributed by atoms with Crippen LogP contribution in [-0.2, 0) is 0 Å². The lowest BCUT2D eigenvalue weighted by molar-refractivity contribution is 0.217. The largest absolute Gasteiger partial charge is 0.504 e. The molecule has 2 N–H and O–H groups in total. The van der Waals surface area contributed by atoms with Crippen LogP contribution in [0.4, 0.5) is 5.69 Å². The molecule has 3 aromatic rings. The van der Waals surface area contributed by atoms with Gasteiger partial charge in [0.2, 0.25) is 0 Å². The number of hydrogen-bond acceptors (Lipinski definition) is 5. The number of phenols is 1. The average Bonchev–Trinajstić information content (AvgIpc) is 3.32. The number of fused-ring (bicyclic) bond motifs is 3. The summed E-state index contributed by atoms with van der Waals surface area (Å²) in [5.41, 5.74) is 3.41. The molecule has 0 spiro atoms. The van der Waals surface area contributed by atoms with Gasteiger partial charge in [0, 0.05) is 11.6 Å². The van der Waals surface area contributed by atoms with Crippen LogP contribution >= 0.6 is 0 Å². The molecule has 5 nitrogen and oxygen atoms in total. The van der Waals surface area contributed by atoms with Crippen LogP contribution in [0.1, 0.15) is 29.5 Å². The van der Waals surface area contributed by atoms with Gasteiger partial charge in [-0.1, -0.05) is 36.4 Å². The zero-order valence-corrected chi connectivity index (χ0v) is 18.0. The van der Waals surface area contributed by atoms with Crippen molar-refractivity contribution < 1.29 is 19.3 Å². The first kappa shape index (κ1) is 20.3. The summed E-state index contributed by atoms with van der Waals surface area (Å²) < 4.78 is 16.9. The van der Waals surface area contributed by atoms with Crippen molar-refractivity contribution in [3.63, 3.8) is 0 Å². The van der Waals surface area contributed by atoms with Crippen molar-refractivity contribution in [3.05, 3.63) is 90.0 Å². The Hall–Kier alpha value is -3.60. The molecule has 3 atom stereocenters. The molecule has 0 amide bonds. The van der Waals surface area contributed by atoms with Crippen LogP contribution in [0.5, 0.6) is 23.0 Å². The maximum Gasteiger partial charge on any atom is 0.160 e. The van der Waals surface area contributed by atoms with E-state index in [0.717, 1.165) is 29.2 Å². The summed E-state index contributed by atoms with van der Waals surface area (Å²) in [4.78, 5) is 0. The first-order chi connectivity index (χ1) is 15.7. The van der Waals surface area contributed by atoms with E-state index < -0.39 is 0 Å². The van der Waals surface area contributed by atoms with Gasteiger partial charge in [0.15, 0.2) is 11.5 Å². The Labute approximate surface area is 188 Å². The van der Waals surface area contributed by atoms with Crippen molar-refractivity contribution in [1.29, 1.82) is 0 Å². The van der Waals surface area contributed by atoms with Gasteiger partial charge in [0.05, 0.1) is 13.2 Å². The maximum atomic E-state index is 10.3. The number of nitrogens with one attached hydrogen (secondary N) is 1. The van der Waals surface area contributed by atoms with Gasteiger partial charge in [0.25, 0.3) is 0 Å². The lowest BCUT2D eigenvalue weighted by Crippen LogP contribution is -2.29. The second-order valence-electron chi connectivity index (χ2n) is 8.17. The van der Waals surface area contributed by atoms with E-state index in [9.17, 15) is 5.11 Å². The summed E-state index contributed by atoms with van der Waals surface area (Å²) in [6, 6.07) is 21.8. The molecule has 0 saturated carbocycles. The van der Waals surface area contributed by atoms with Gasteiger partial charge >= 0.3 is 0 Å². The van der Waals surface area contributed by atoms with Crippen molar-refractivity contribution in [2.24, 2.45) is 5.92 Å². The van der Waals surface area contributed by atoms with Gasteiger partial charge < -0.3 is 24.6 Å². The Morgan fingerprint density at radius 2 is 1.75 bits per heavy atom. The molecule has 164 valence electrons. The number of allylic oxidation sites excluding steroid dienone is 2. The van der Waals surface area contributed by atoms with E-state index in [1.54, 1.807) is 13.2 Å². The predicted molar refractivity (Wildman–Crippen MR) is 125 cm³/mol. The highest BCUT2D eigenvalue weighted by Gasteiger charge is 2.38. The third kappa shape index (κ3) is 3.98. The number of benzene rings is 3. The Kier molecular flexibility index (Phi) is 5.63. The summed E-state index contributed by atoms with van der Waals surface area (Å²) in [5.74, 6) is 3.05. The number of anilines is 1. The van der Waals surface area contributed by atoms with E-state index >= 15 is 0 Å². The minimum absolute atomic E-state index is 0.116. The van der Waals surface area contributed by atoms with Crippen LogP contribution in [0.3, 0.4) is 0 Å². The number of hydrogen-bond donors (Lipinski definition) is 2. The average molecular weight is 430 g/mol. The molecule has 5 rings (SSSR count). The molecule has 0 aromatic heterocycles. The summed E-state index contributed by atoms with van der Waals surface area (Å²) in [6.07, 6.45) is 5.54. The molecule has 0 radical (unpaired) electrons. The monoisotopic (exact) mass is 429 g/mol. The molecule has 0 fully saturated rings. The third-order valence-corrected chi connectivity index (χ3v) is 6.26. The molecule has 3 unspecified atom stereocenters. The van der Waals surface area contributed by atoms with Gasteiger partial charge in [0.1, 0.15) is 24.7 Å². The van der Waals surface area contributed by atoms with Crippen LogP contribution < -0.4 is 19.5 Å². The summed E-state index contributed by atoms with van der Waals surface area (Å²) in [5, 5.41) is 14.0. The standard InChI is InChI=1S/C27H27NO4/c1-30-26-13-10-18(16-25(26)29)27-22-9-5-8-21(22)23-17-20(11-12-24(23)28-27)32-15-14-31-19-6-3-2-4-7-19/h2-8,10-13,16-17,21-22,27-29H,9,14-15H2,1H3. The maximum absolute atomic E-state index is 10.3. The first-order valence-electron chi connectivity index (χ1n) is 11.0. The molecule has 3 aromatic carbocycles. The highest BCUT2D eigenvalue weighted by molar-refractivity contribution is 5.62. The molecule has 32 heavy (non-hydrogen) atoms. The van der Waals surface area contributed by atoms with Crippen LogP contribution in [0.2, 0.25) is 0 Å². The zero-order chi connectivity index (χ0) is 21.9. The van der Waals surface area contributed by atoms with Crippen LogP contribution in [0, 0.1) is 5.92 Å². The lowest BCUT2D eigenvalue weighted by atomic mass is 9.77. The fourth-order valence-corrected chi connectivity index (χ4v) is 4.73. The van der Waals surface area contributed by atoms with Crippen molar-refractivity contribution in [2.75, 3.05) is 25.6 Å². The number of methoxy groups -OCH3 is 1. The van der Waals surface area contributed by atoms with Gasteiger partial charge in [-0.25, -0.2) is 0 Å². The lowest BCUT2D eigenvalue weighted by Gasteiger charge is -2.37. The van der Waals surface area contributed by atoms with E-state index in [0.29, 0.717) is 30.8 Å². The van der Waals surface area contributed by atoms with Crippen molar-refractivity contribution in [2.45, 2.75) is 18.4 Å². The topological polar surface area (TPSA) is 60.0 Å². The summed E-state index contributed by atoms with van der Waals surface area (Å²) >= 11 is 0. The second-order valence-corrected chi connectivity index (χ2v) is 8.17. The number of aromatic hydroxyl groups is 1. The smallest absolute Gasteiger partial charge is 0.160 e. The van der Waals surface area contributed by atoms with Gasteiger partial charge in [-0.2, -0.15) is 0 Å². The van der Waals surface area contributed by atoms with Crippen LogP contribution in [0.25, 0.3) is 0 Å². The molecule has 2 aliphatic rings. The normalized spacial score (nSPS) is 20.7. The molecule has 0 saturated heterocycles. The van der Waals surface area contributed by atoms with E-state index in [4.69, 9.17) is 14.2 Å². The SMILES string of the molecule is COc1ccc(C2Nc3ccc(OCCOc4ccccc4)cc3C3C=CCC32)cc1O. The molecule has 1 aliphatic heterocycles. The van der Waals surface area contributed by atoms with Crippen molar-refractivity contribution in [3.8, 4) is 23.0 Å². The van der Waals surface area contributed by atoms with Crippen molar-refractivity contribution >= 4 is 5.69 Å². The number of ether oxygens (including phenoxy) is 3. The Balaban J connectivity index is 1.30. The van der Waals surface area contributed by atoms with E-state index in [-0.39, 0.29) is 11.8 Å². The molecule has 1 aliphatic carbocycles. The van der Waals surface area contributed by atoms with Crippen LogP contribution in [-0.4, -0.2) is 25.4 Å². The minimum atomic E-state index is 0.116. The zero-order valence-electron chi connectivity index (χ0n) is 18.0.